The molecule has 2 aromatic heterocycles. The van der Waals surface area contributed by atoms with Gasteiger partial charge in [0.1, 0.15) is 23.8 Å². The number of nitrogen functional groups attached to an aromatic ring is 1. The number of ether oxygens (including phenoxy) is 1. The molecule has 2 aromatic carbocycles. The number of aromatic nitrogens is 3. The molecule has 4 aliphatic rings. The van der Waals surface area contributed by atoms with Crippen molar-refractivity contribution in [3.05, 3.63) is 34.9 Å². The zero-order chi connectivity index (χ0) is 31.0. The van der Waals surface area contributed by atoms with Gasteiger partial charge in [0.05, 0.1) is 20.8 Å². The Morgan fingerprint density at radius 2 is 1.80 bits per heavy atom. The average molecular weight is 654 g/mol. The van der Waals surface area contributed by atoms with E-state index in [4.69, 9.17) is 32.0 Å². The van der Waals surface area contributed by atoms with Gasteiger partial charge >= 0.3 is 6.01 Å². The Morgan fingerprint density at radius 1 is 1.07 bits per heavy atom. The molecule has 2 bridgehead atoms. The molecule has 0 radical (unpaired) electrons. The highest BCUT2D eigenvalue weighted by Crippen LogP contribution is 2.44. The molecule has 6 heterocycles. The maximum atomic E-state index is 16.9. The highest BCUT2D eigenvalue weighted by molar-refractivity contribution is 7.22. The normalized spacial score (nSPS) is 23.2. The van der Waals surface area contributed by atoms with Crippen molar-refractivity contribution in [1.29, 1.82) is 0 Å². The number of nitrogens with zero attached hydrogens (tertiary/aromatic N) is 6. The van der Waals surface area contributed by atoms with Crippen molar-refractivity contribution < 1.29 is 13.5 Å². The minimum atomic E-state index is -0.603. The second kappa shape index (κ2) is 11.1. The van der Waals surface area contributed by atoms with Crippen molar-refractivity contribution in [2.45, 2.75) is 70.0 Å². The van der Waals surface area contributed by atoms with Crippen molar-refractivity contribution in [2.75, 3.05) is 50.0 Å². The van der Waals surface area contributed by atoms with Gasteiger partial charge in [0.2, 0.25) is 0 Å². The fourth-order valence-electron chi connectivity index (χ4n) is 8.45. The number of fused-ring (bicyclic) bond motifs is 5. The van der Waals surface area contributed by atoms with E-state index in [1.807, 2.05) is 0 Å². The summed E-state index contributed by atoms with van der Waals surface area (Å²) in [7, 11) is 0. The van der Waals surface area contributed by atoms with Gasteiger partial charge in [0, 0.05) is 48.2 Å². The molecule has 12 heteroatoms. The first-order valence-electron chi connectivity index (χ1n) is 16.1. The molecule has 2 N–H and O–H groups in total. The van der Waals surface area contributed by atoms with Crippen LogP contribution in [0.3, 0.4) is 0 Å². The van der Waals surface area contributed by atoms with Crippen LogP contribution in [0.2, 0.25) is 5.02 Å². The molecule has 238 valence electrons. The summed E-state index contributed by atoms with van der Waals surface area (Å²) in [5.41, 5.74) is 6.85. The summed E-state index contributed by atoms with van der Waals surface area (Å²) >= 11 is 7.92. The summed E-state index contributed by atoms with van der Waals surface area (Å²) < 4.78 is 38.2. The third kappa shape index (κ3) is 4.92. The largest absolute Gasteiger partial charge is 0.461 e. The highest BCUT2D eigenvalue weighted by Gasteiger charge is 2.45. The number of benzene rings is 2. The van der Waals surface area contributed by atoms with E-state index < -0.39 is 11.6 Å². The van der Waals surface area contributed by atoms with Crippen LogP contribution < -0.4 is 15.4 Å². The number of rotatable bonds is 7. The summed E-state index contributed by atoms with van der Waals surface area (Å²) in [6.45, 7) is 9.83. The van der Waals surface area contributed by atoms with Gasteiger partial charge in [-0.1, -0.05) is 36.8 Å². The summed E-state index contributed by atoms with van der Waals surface area (Å²) in [6.07, 6.45) is 6.74. The lowest BCUT2D eigenvalue weighted by atomic mass is 9.95. The molecule has 2 atom stereocenters. The fourth-order valence-corrected chi connectivity index (χ4v) is 9.51. The zero-order valence-electron chi connectivity index (χ0n) is 25.7. The third-order valence-electron chi connectivity index (χ3n) is 10.4. The number of thiazole rings is 1. The predicted molar refractivity (Wildman–Crippen MR) is 176 cm³/mol. The number of nitrogens with two attached hydrogens (primary N) is 1. The van der Waals surface area contributed by atoms with Crippen LogP contribution in [-0.2, 0) is 0 Å². The van der Waals surface area contributed by atoms with Gasteiger partial charge in [0.25, 0.3) is 0 Å². The lowest BCUT2D eigenvalue weighted by molar-refractivity contribution is 0.107. The summed E-state index contributed by atoms with van der Waals surface area (Å²) in [5.74, 6) is 0.173. The molecule has 0 spiro atoms. The Bertz CT molecular complexity index is 1780. The average Bonchev–Trinajstić information content (AvgIpc) is 3.74. The first-order valence-corrected chi connectivity index (χ1v) is 17.3. The van der Waals surface area contributed by atoms with E-state index in [0.29, 0.717) is 41.4 Å². The molecule has 4 saturated heterocycles. The molecule has 45 heavy (non-hydrogen) atoms. The van der Waals surface area contributed by atoms with Crippen LogP contribution in [-0.4, -0.2) is 81.7 Å². The van der Waals surface area contributed by atoms with Gasteiger partial charge in [0.15, 0.2) is 10.9 Å². The second-order valence-electron chi connectivity index (χ2n) is 13.7. The first kappa shape index (κ1) is 29.5. The summed E-state index contributed by atoms with van der Waals surface area (Å²) in [4.78, 5) is 21.5. The van der Waals surface area contributed by atoms with Gasteiger partial charge < -0.3 is 15.4 Å². The van der Waals surface area contributed by atoms with Crippen LogP contribution in [0.4, 0.5) is 19.7 Å². The Hall–Kier alpha value is -2.86. The maximum absolute atomic E-state index is 16.9. The van der Waals surface area contributed by atoms with Crippen LogP contribution in [0.1, 0.15) is 52.4 Å². The smallest absolute Gasteiger partial charge is 0.319 e. The predicted octanol–water partition coefficient (Wildman–Crippen LogP) is 6.74. The topological polar surface area (TPSA) is 83.6 Å². The fraction of sp³-hybridized carbons (Fsp3) is 0.545. The Balaban J connectivity index is 1.24. The minimum Gasteiger partial charge on any atom is -0.461 e. The quantitative estimate of drug-likeness (QED) is 0.235. The number of hydrogen-bond donors (Lipinski definition) is 1. The highest BCUT2D eigenvalue weighted by atomic mass is 35.5. The lowest BCUT2D eigenvalue weighted by Gasteiger charge is -2.42. The van der Waals surface area contributed by atoms with Crippen molar-refractivity contribution in [1.82, 2.24) is 24.8 Å². The van der Waals surface area contributed by atoms with Gasteiger partial charge in [-0.2, -0.15) is 9.97 Å². The molecule has 8 nitrogen and oxygen atoms in total. The van der Waals surface area contributed by atoms with Crippen molar-refractivity contribution >= 4 is 55.0 Å². The molecule has 0 saturated carbocycles. The number of piperazine rings is 1. The van der Waals surface area contributed by atoms with E-state index in [9.17, 15) is 4.39 Å². The van der Waals surface area contributed by atoms with Crippen LogP contribution in [0.5, 0.6) is 6.01 Å². The molecule has 4 fully saturated rings. The van der Waals surface area contributed by atoms with E-state index in [-0.39, 0.29) is 43.0 Å². The minimum absolute atomic E-state index is 0.00592. The Morgan fingerprint density at radius 3 is 2.51 bits per heavy atom. The van der Waals surface area contributed by atoms with Crippen LogP contribution in [0.15, 0.2) is 18.2 Å². The lowest BCUT2D eigenvalue weighted by Crippen LogP contribution is -2.54. The zero-order valence-corrected chi connectivity index (χ0v) is 27.2. The van der Waals surface area contributed by atoms with E-state index in [1.165, 1.54) is 12.1 Å². The molecule has 0 unspecified atom stereocenters. The third-order valence-corrected chi connectivity index (χ3v) is 11.6. The number of halogens is 3. The van der Waals surface area contributed by atoms with Gasteiger partial charge in [-0.3, -0.25) is 9.80 Å². The summed E-state index contributed by atoms with van der Waals surface area (Å²) in [6, 6.07) is 5.55. The van der Waals surface area contributed by atoms with Crippen LogP contribution in [0.25, 0.3) is 32.2 Å². The van der Waals surface area contributed by atoms with Crippen molar-refractivity contribution in [3.63, 3.8) is 0 Å². The molecule has 8 rings (SSSR count). The van der Waals surface area contributed by atoms with Crippen LogP contribution in [0, 0.1) is 17.6 Å². The number of anilines is 2. The standard InChI is InChI=1S/C33H38ClF2N7OS/c1-18(2)14-43-19-5-6-20(43)16-41(15-19)30-22-13-23(34)25(21-7-8-24(35)29-28(21)38-31(37)45-29)26(36)27(22)39-32(40-30)44-17-33-9-3-11-42(33)12-4-10-33/h7-8,13,18-20H,3-6,9-12,14-17H2,1-2H3,(H2,37,38)/t19-,20+. The second-order valence-corrected chi connectivity index (χ2v) is 15.1. The Labute approximate surface area is 270 Å². The first-order chi connectivity index (χ1) is 21.7. The van der Waals surface area contributed by atoms with Gasteiger partial charge in [-0.05, 0) is 75.7 Å². The van der Waals surface area contributed by atoms with Gasteiger partial charge in [-0.15, -0.1) is 0 Å². The van der Waals surface area contributed by atoms with E-state index in [1.54, 1.807) is 6.07 Å². The van der Waals surface area contributed by atoms with Crippen molar-refractivity contribution in [2.24, 2.45) is 5.92 Å². The monoisotopic (exact) mass is 653 g/mol. The molecule has 0 amide bonds. The van der Waals surface area contributed by atoms with E-state index >= 15 is 4.39 Å². The van der Waals surface area contributed by atoms with E-state index in [0.717, 1.165) is 82.6 Å². The Kier molecular flexibility index (Phi) is 7.31. The van der Waals surface area contributed by atoms with Crippen molar-refractivity contribution in [3.8, 4) is 17.1 Å². The summed E-state index contributed by atoms with van der Waals surface area (Å²) in [5, 5.41) is 0.932. The van der Waals surface area contributed by atoms with Crippen LogP contribution >= 0.6 is 22.9 Å². The molecule has 4 aliphatic heterocycles. The molecule has 0 aliphatic carbocycles. The van der Waals surface area contributed by atoms with Gasteiger partial charge in [-0.25, -0.2) is 13.8 Å². The number of hydrogen-bond acceptors (Lipinski definition) is 9. The SMILES string of the molecule is CC(C)CN1[C@@H]2CC[C@H]1CN(c1nc(OCC34CCCN3CCC4)nc3c(F)c(-c4ccc(F)c5sc(N)nc45)c(Cl)cc13)C2. The molecular weight excluding hydrogens is 616 g/mol. The molecule has 4 aromatic rings. The maximum Gasteiger partial charge on any atom is 0.319 e. The molecular formula is C33H38ClF2N7OS. The van der Waals surface area contributed by atoms with E-state index in [2.05, 4.69) is 33.5 Å².